The summed E-state index contributed by atoms with van der Waals surface area (Å²) in [5.74, 6) is 1.98. The smallest absolute Gasteiger partial charge is 0.333 e. The summed E-state index contributed by atoms with van der Waals surface area (Å²) in [7, 11) is 0. The molecule has 214 valence electrons. The number of unbranched alkanes of at least 4 members (excludes halogenated alkanes) is 12. The highest BCUT2D eigenvalue weighted by Gasteiger charge is 2.14. The van der Waals surface area contributed by atoms with Gasteiger partial charge in [0.2, 0.25) is 0 Å². The molecule has 0 heterocycles. The first-order chi connectivity index (χ1) is 17.4. The van der Waals surface area contributed by atoms with Gasteiger partial charge in [-0.1, -0.05) is 163 Å². The molecule has 36 heavy (non-hydrogen) atoms. The van der Waals surface area contributed by atoms with E-state index in [4.69, 9.17) is 4.74 Å². The van der Waals surface area contributed by atoms with Crippen LogP contribution in [0.15, 0.2) is 12.2 Å². The highest BCUT2D eigenvalue weighted by molar-refractivity contribution is 5.86. The lowest BCUT2D eigenvalue weighted by atomic mass is 9.91. The molecule has 0 spiro atoms. The van der Waals surface area contributed by atoms with E-state index in [2.05, 4.69) is 34.3 Å². The molecule has 0 aliphatic rings. The zero-order chi connectivity index (χ0) is 26.9. The zero-order valence-corrected chi connectivity index (χ0v) is 25.5. The molecule has 0 N–H and O–H groups in total. The average Bonchev–Trinajstić information content (AvgIpc) is 2.85. The van der Waals surface area contributed by atoms with Gasteiger partial charge < -0.3 is 4.74 Å². The van der Waals surface area contributed by atoms with Crippen LogP contribution in [0.2, 0.25) is 0 Å². The maximum atomic E-state index is 11.9. The highest BCUT2D eigenvalue weighted by Crippen LogP contribution is 2.24. The Labute approximate surface area is 227 Å². The van der Waals surface area contributed by atoms with Crippen molar-refractivity contribution in [1.29, 1.82) is 0 Å². The van der Waals surface area contributed by atoms with Gasteiger partial charge in [-0.05, 0) is 37.5 Å². The summed E-state index contributed by atoms with van der Waals surface area (Å²) in [4.78, 5) is 11.9. The quantitative estimate of drug-likeness (QED) is 0.0629. The van der Waals surface area contributed by atoms with E-state index in [9.17, 15) is 4.79 Å². The minimum absolute atomic E-state index is 0.222. The van der Waals surface area contributed by atoms with E-state index >= 15 is 0 Å². The van der Waals surface area contributed by atoms with Crippen molar-refractivity contribution < 1.29 is 9.53 Å². The standard InChI is InChI=1S/C34H66O2/c1-7-9-11-13-15-18-23-31(5)25-20-17-21-27-33(29-36-34(35)30(3)4)28-22-26-32(6)24-19-16-14-12-10-8-2/h31-33H,3,7-29H2,1-2,4-6H3. The van der Waals surface area contributed by atoms with Crippen molar-refractivity contribution >= 4 is 5.97 Å². The van der Waals surface area contributed by atoms with Gasteiger partial charge in [-0.25, -0.2) is 4.79 Å². The normalized spacial score (nSPS) is 13.9. The second kappa shape index (κ2) is 25.8. The highest BCUT2D eigenvalue weighted by atomic mass is 16.5. The Balaban J connectivity index is 4.08. The van der Waals surface area contributed by atoms with E-state index in [0.717, 1.165) is 11.8 Å². The fraction of sp³-hybridized carbons (Fsp3) is 0.912. The monoisotopic (exact) mass is 507 g/mol. The molecule has 0 aliphatic heterocycles. The van der Waals surface area contributed by atoms with Crippen LogP contribution in [0.3, 0.4) is 0 Å². The number of esters is 1. The van der Waals surface area contributed by atoms with Gasteiger partial charge in [-0.2, -0.15) is 0 Å². The molecule has 0 aliphatic carbocycles. The molecule has 0 aromatic heterocycles. The summed E-state index contributed by atoms with van der Waals surface area (Å²) in [6.07, 6.45) is 29.8. The molecule has 0 saturated carbocycles. The van der Waals surface area contributed by atoms with E-state index in [1.54, 1.807) is 6.92 Å². The zero-order valence-electron chi connectivity index (χ0n) is 25.5. The molecule has 0 fully saturated rings. The van der Waals surface area contributed by atoms with Crippen LogP contribution in [0.5, 0.6) is 0 Å². The fourth-order valence-electron chi connectivity index (χ4n) is 5.32. The van der Waals surface area contributed by atoms with Crippen LogP contribution in [0.25, 0.3) is 0 Å². The van der Waals surface area contributed by atoms with Crippen LogP contribution < -0.4 is 0 Å². The van der Waals surface area contributed by atoms with E-state index in [-0.39, 0.29) is 5.97 Å². The Morgan fingerprint density at radius 3 is 1.42 bits per heavy atom. The van der Waals surface area contributed by atoms with Crippen LogP contribution in [-0.4, -0.2) is 12.6 Å². The molecule has 0 aromatic rings. The molecule has 2 heteroatoms. The van der Waals surface area contributed by atoms with Gasteiger partial charge in [0.1, 0.15) is 0 Å². The van der Waals surface area contributed by atoms with Gasteiger partial charge in [0.05, 0.1) is 6.61 Å². The first kappa shape index (κ1) is 35.2. The van der Waals surface area contributed by atoms with Crippen LogP contribution in [0.4, 0.5) is 0 Å². The Morgan fingerprint density at radius 1 is 0.583 bits per heavy atom. The lowest BCUT2D eigenvalue weighted by Gasteiger charge is -2.19. The predicted molar refractivity (Wildman–Crippen MR) is 161 cm³/mol. The molecule has 0 bridgehead atoms. The minimum Gasteiger partial charge on any atom is -0.462 e. The number of rotatable bonds is 27. The lowest BCUT2D eigenvalue weighted by molar-refractivity contribution is -0.140. The van der Waals surface area contributed by atoms with E-state index in [0.29, 0.717) is 18.1 Å². The topological polar surface area (TPSA) is 26.3 Å². The number of ether oxygens (including phenoxy) is 1. The van der Waals surface area contributed by atoms with Crippen molar-refractivity contribution in [1.82, 2.24) is 0 Å². The molecular formula is C34H66O2. The lowest BCUT2D eigenvalue weighted by Crippen LogP contribution is -2.15. The van der Waals surface area contributed by atoms with Crippen molar-refractivity contribution in [2.24, 2.45) is 17.8 Å². The summed E-state index contributed by atoms with van der Waals surface area (Å²) >= 11 is 0. The Bertz CT molecular complexity index is 497. The number of carbonyl (C=O) groups excluding carboxylic acids is 1. The van der Waals surface area contributed by atoms with Crippen molar-refractivity contribution in [2.75, 3.05) is 6.61 Å². The van der Waals surface area contributed by atoms with Crippen LogP contribution in [0.1, 0.15) is 176 Å². The molecule has 0 rings (SSSR count). The first-order valence-corrected chi connectivity index (χ1v) is 16.2. The van der Waals surface area contributed by atoms with Gasteiger partial charge in [-0.3, -0.25) is 0 Å². The van der Waals surface area contributed by atoms with E-state index < -0.39 is 0 Å². The van der Waals surface area contributed by atoms with Crippen molar-refractivity contribution in [3.05, 3.63) is 12.2 Å². The summed E-state index contributed by atoms with van der Waals surface area (Å²) in [5.41, 5.74) is 0.515. The van der Waals surface area contributed by atoms with E-state index in [1.165, 1.54) is 141 Å². The van der Waals surface area contributed by atoms with Crippen LogP contribution in [0, 0.1) is 17.8 Å². The van der Waals surface area contributed by atoms with Crippen molar-refractivity contribution in [3.8, 4) is 0 Å². The van der Waals surface area contributed by atoms with Gasteiger partial charge >= 0.3 is 5.97 Å². The third-order valence-electron chi connectivity index (χ3n) is 8.02. The SMILES string of the molecule is C=C(C)C(=O)OCC(CCCCCC(C)CCCCCCCC)CCCC(C)CCCCCCCC. The summed E-state index contributed by atoms with van der Waals surface area (Å²) in [6.45, 7) is 15.5. The maximum Gasteiger partial charge on any atom is 0.333 e. The van der Waals surface area contributed by atoms with Crippen LogP contribution >= 0.6 is 0 Å². The molecule has 3 atom stereocenters. The number of hydrogen-bond donors (Lipinski definition) is 0. The second-order valence-electron chi connectivity index (χ2n) is 12.1. The number of hydrogen-bond acceptors (Lipinski definition) is 2. The molecule has 0 saturated heterocycles. The second-order valence-corrected chi connectivity index (χ2v) is 12.1. The van der Waals surface area contributed by atoms with Crippen LogP contribution in [-0.2, 0) is 9.53 Å². The molecular weight excluding hydrogens is 440 g/mol. The molecule has 2 nitrogen and oxygen atoms in total. The van der Waals surface area contributed by atoms with Crippen molar-refractivity contribution in [3.63, 3.8) is 0 Å². The van der Waals surface area contributed by atoms with Gasteiger partial charge in [0, 0.05) is 5.57 Å². The maximum absolute atomic E-state index is 11.9. The summed E-state index contributed by atoms with van der Waals surface area (Å²) in [5, 5.41) is 0. The average molecular weight is 507 g/mol. The number of carbonyl (C=O) groups is 1. The summed E-state index contributed by atoms with van der Waals surface area (Å²) in [6, 6.07) is 0. The van der Waals surface area contributed by atoms with E-state index in [1.807, 2.05) is 0 Å². The van der Waals surface area contributed by atoms with Gasteiger partial charge in [-0.15, -0.1) is 0 Å². The van der Waals surface area contributed by atoms with Gasteiger partial charge in [0.25, 0.3) is 0 Å². The third-order valence-corrected chi connectivity index (χ3v) is 8.02. The molecule has 0 amide bonds. The molecule has 0 aromatic carbocycles. The Hall–Kier alpha value is -0.790. The Kier molecular flexibility index (Phi) is 25.3. The largest absolute Gasteiger partial charge is 0.462 e. The summed E-state index contributed by atoms with van der Waals surface area (Å²) < 4.78 is 5.57. The predicted octanol–water partition coefficient (Wildman–Crippen LogP) is 11.6. The molecule has 0 radical (unpaired) electrons. The Morgan fingerprint density at radius 2 is 0.944 bits per heavy atom. The minimum atomic E-state index is -0.222. The first-order valence-electron chi connectivity index (χ1n) is 16.2. The van der Waals surface area contributed by atoms with Gasteiger partial charge in [0.15, 0.2) is 0 Å². The molecule has 3 unspecified atom stereocenters. The third kappa shape index (κ3) is 23.6. The van der Waals surface area contributed by atoms with Crippen molar-refractivity contribution in [2.45, 2.75) is 176 Å². The fourth-order valence-corrected chi connectivity index (χ4v) is 5.32.